The summed E-state index contributed by atoms with van der Waals surface area (Å²) in [5, 5.41) is 14.1. The number of rotatable bonds is 7. The molecule has 3 rings (SSSR count). The molecule has 1 amide bonds. The monoisotopic (exact) mass is 311 g/mol. The minimum absolute atomic E-state index is 0.110. The summed E-state index contributed by atoms with van der Waals surface area (Å²) in [6.45, 7) is 0.522. The summed E-state index contributed by atoms with van der Waals surface area (Å²) in [5.74, 6) is -0.110. The Balaban J connectivity index is 1.64. The van der Waals surface area contributed by atoms with Gasteiger partial charge >= 0.3 is 0 Å². The topological polar surface area (TPSA) is 101 Å². The van der Waals surface area contributed by atoms with Gasteiger partial charge in [-0.05, 0) is 16.0 Å². The Labute approximate surface area is 132 Å². The van der Waals surface area contributed by atoms with Crippen molar-refractivity contribution in [3.8, 4) is 0 Å². The summed E-state index contributed by atoms with van der Waals surface area (Å²) in [6.07, 6.45) is 6.05. The number of aromatic nitrogens is 6. The summed E-state index contributed by atoms with van der Waals surface area (Å²) in [5.41, 5.74) is 2.03. The number of amides is 1. The van der Waals surface area contributed by atoms with E-state index in [2.05, 4.69) is 30.8 Å². The second-order valence-electron chi connectivity index (χ2n) is 5.11. The maximum absolute atomic E-state index is 12.5. The van der Waals surface area contributed by atoms with Crippen molar-refractivity contribution >= 4 is 5.91 Å². The lowest BCUT2D eigenvalue weighted by Gasteiger charge is -2.16. The number of nitrogens with one attached hydrogen (secondary N) is 2. The van der Waals surface area contributed by atoms with Gasteiger partial charge < -0.3 is 10.3 Å². The number of nitrogens with zero attached hydrogens (tertiary/aromatic N) is 5. The number of H-pyrrole nitrogens is 1. The number of hydrogen-bond acceptors (Lipinski definition) is 5. The molecular formula is C15H17N7O. The largest absolute Gasteiger partial charge is 0.354 e. The average Bonchev–Trinajstić information content (AvgIpc) is 3.27. The van der Waals surface area contributed by atoms with Gasteiger partial charge in [0.25, 0.3) is 0 Å². The molecule has 0 radical (unpaired) electrons. The first-order chi connectivity index (χ1) is 11.3. The predicted octanol–water partition coefficient (Wildman–Crippen LogP) is 0.539. The van der Waals surface area contributed by atoms with Crippen molar-refractivity contribution in [2.75, 3.05) is 6.54 Å². The lowest BCUT2D eigenvalue weighted by atomic mass is 10.1. The maximum atomic E-state index is 12.5. The lowest BCUT2D eigenvalue weighted by Crippen LogP contribution is -2.35. The highest BCUT2D eigenvalue weighted by Crippen LogP contribution is 2.13. The first-order valence-electron chi connectivity index (χ1n) is 7.34. The van der Waals surface area contributed by atoms with Gasteiger partial charge in [0.05, 0.1) is 6.33 Å². The second kappa shape index (κ2) is 7.30. The Morgan fingerprint density at radius 2 is 2.17 bits per heavy atom. The third kappa shape index (κ3) is 4.00. The van der Waals surface area contributed by atoms with Crippen LogP contribution in [0.15, 0.2) is 49.2 Å². The second-order valence-corrected chi connectivity index (χ2v) is 5.11. The van der Waals surface area contributed by atoms with E-state index in [4.69, 9.17) is 0 Å². The number of benzene rings is 1. The molecule has 2 N–H and O–H groups in total. The van der Waals surface area contributed by atoms with Crippen LogP contribution in [0.4, 0.5) is 0 Å². The summed E-state index contributed by atoms with van der Waals surface area (Å²) in [4.78, 5) is 19.5. The average molecular weight is 311 g/mol. The van der Waals surface area contributed by atoms with Gasteiger partial charge in [0, 0.05) is 31.3 Å². The maximum Gasteiger partial charge on any atom is 0.245 e. The summed E-state index contributed by atoms with van der Waals surface area (Å²) >= 11 is 0. The SMILES string of the molecule is O=C(NCCc1cnc[nH]1)[C@H](Cc1ccccc1)n1cnnn1. The Morgan fingerprint density at radius 1 is 1.30 bits per heavy atom. The van der Waals surface area contributed by atoms with Gasteiger partial charge in [0.15, 0.2) is 0 Å². The van der Waals surface area contributed by atoms with E-state index in [1.807, 2.05) is 30.3 Å². The van der Waals surface area contributed by atoms with Gasteiger partial charge in [-0.2, -0.15) is 0 Å². The third-order valence-corrected chi connectivity index (χ3v) is 3.51. The quantitative estimate of drug-likeness (QED) is 0.663. The molecule has 8 heteroatoms. The Kier molecular flexibility index (Phi) is 4.72. The smallest absolute Gasteiger partial charge is 0.245 e. The van der Waals surface area contributed by atoms with Crippen molar-refractivity contribution in [2.45, 2.75) is 18.9 Å². The van der Waals surface area contributed by atoms with Crippen LogP contribution in [-0.2, 0) is 17.6 Å². The van der Waals surface area contributed by atoms with Crippen LogP contribution in [-0.4, -0.2) is 42.6 Å². The number of aromatic amines is 1. The van der Waals surface area contributed by atoms with Crippen molar-refractivity contribution in [3.63, 3.8) is 0 Å². The number of imidazole rings is 1. The molecule has 2 heterocycles. The Morgan fingerprint density at radius 3 is 2.87 bits per heavy atom. The van der Waals surface area contributed by atoms with Crippen LogP contribution in [0, 0.1) is 0 Å². The van der Waals surface area contributed by atoms with E-state index in [1.54, 1.807) is 12.5 Å². The predicted molar refractivity (Wildman–Crippen MR) is 82.3 cm³/mol. The Hall–Kier alpha value is -3.03. The van der Waals surface area contributed by atoms with Gasteiger partial charge in [0.1, 0.15) is 12.4 Å². The first kappa shape index (κ1) is 14.9. The summed E-state index contributed by atoms with van der Waals surface area (Å²) < 4.78 is 1.48. The molecule has 3 aromatic rings. The minimum atomic E-state index is -0.478. The highest BCUT2D eigenvalue weighted by Gasteiger charge is 2.21. The number of hydrogen-bond donors (Lipinski definition) is 2. The van der Waals surface area contributed by atoms with E-state index >= 15 is 0 Å². The molecule has 8 nitrogen and oxygen atoms in total. The van der Waals surface area contributed by atoms with Crippen LogP contribution < -0.4 is 5.32 Å². The molecule has 1 atom stereocenters. The molecule has 0 saturated carbocycles. The number of tetrazole rings is 1. The zero-order valence-electron chi connectivity index (χ0n) is 12.5. The lowest BCUT2D eigenvalue weighted by molar-refractivity contribution is -0.124. The molecule has 0 bridgehead atoms. The van der Waals surface area contributed by atoms with E-state index < -0.39 is 6.04 Å². The summed E-state index contributed by atoms with van der Waals surface area (Å²) in [6, 6.07) is 9.32. The fourth-order valence-corrected chi connectivity index (χ4v) is 2.31. The molecule has 23 heavy (non-hydrogen) atoms. The molecule has 2 aromatic heterocycles. The molecule has 0 aliphatic carbocycles. The molecule has 0 aliphatic heterocycles. The van der Waals surface area contributed by atoms with Crippen LogP contribution in [0.5, 0.6) is 0 Å². The molecule has 1 aromatic carbocycles. The fourth-order valence-electron chi connectivity index (χ4n) is 2.31. The van der Waals surface area contributed by atoms with Crippen LogP contribution in [0.2, 0.25) is 0 Å². The van der Waals surface area contributed by atoms with Gasteiger partial charge in [0.2, 0.25) is 5.91 Å². The van der Waals surface area contributed by atoms with Gasteiger partial charge in [-0.1, -0.05) is 30.3 Å². The third-order valence-electron chi connectivity index (χ3n) is 3.51. The van der Waals surface area contributed by atoms with Gasteiger partial charge in [-0.15, -0.1) is 5.10 Å². The van der Waals surface area contributed by atoms with E-state index in [0.717, 1.165) is 11.3 Å². The summed E-state index contributed by atoms with van der Waals surface area (Å²) in [7, 11) is 0. The zero-order chi connectivity index (χ0) is 15.9. The molecule has 0 fully saturated rings. The van der Waals surface area contributed by atoms with E-state index in [9.17, 15) is 4.79 Å². The molecule has 0 unspecified atom stereocenters. The van der Waals surface area contributed by atoms with E-state index in [1.165, 1.54) is 11.0 Å². The first-order valence-corrected chi connectivity index (χ1v) is 7.34. The molecule has 0 spiro atoms. The van der Waals surface area contributed by atoms with Crippen molar-refractivity contribution in [3.05, 3.63) is 60.4 Å². The van der Waals surface area contributed by atoms with Crippen molar-refractivity contribution < 1.29 is 4.79 Å². The van der Waals surface area contributed by atoms with Gasteiger partial charge in [-0.25, -0.2) is 9.67 Å². The standard InChI is InChI=1S/C15H17N7O/c23-15(17-7-6-13-9-16-10-18-13)14(22-11-19-20-21-22)8-12-4-2-1-3-5-12/h1-5,9-11,14H,6-8H2,(H,16,18)(H,17,23)/t14-/m0/s1. The molecule has 0 saturated heterocycles. The number of carbonyl (C=O) groups is 1. The van der Waals surface area contributed by atoms with Crippen molar-refractivity contribution in [1.82, 2.24) is 35.5 Å². The van der Waals surface area contributed by atoms with Gasteiger partial charge in [-0.3, -0.25) is 4.79 Å². The van der Waals surface area contributed by atoms with Crippen LogP contribution in [0.25, 0.3) is 0 Å². The normalized spacial score (nSPS) is 12.0. The molecular weight excluding hydrogens is 294 g/mol. The highest BCUT2D eigenvalue weighted by molar-refractivity contribution is 5.80. The van der Waals surface area contributed by atoms with Crippen LogP contribution >= 0.6 is 0 Å². The highest BCUT2D eigenvalue weighted by atomic mass is 16.2. The van der Waals surface area contributed by atoms with E-state index in [-0.39, 0.29) is 5.91 Å². The molecule has 0 aliphatic rings. The Bertz CT molecular complexity index is 710. The van der Waals surface area contributed by atoms with Crippen molar-refractivity contribution in [2.24, 2.45) is 0 Å². The van der Waals surface area contributed by atoms with Crippen LogP contribution in [0.1, 0.15) is 17.3 Å². The van der Waals surface area contributed by atoms with Crippen LogP contribution in [0.3, 0.4) is 0 Å². The van der Waals surface area contributed by atoms with Crippen molar-refractivity contribution in [1.29, 1.82) is 0 Å². The zero-order valence-corrected chi connectivity index (χ0v) is 12.5. The molecule has 118 valence electrons. The number of carbonyl (C=O) groups excluding carboxylic acids is 1. The minimum Gasteiger partial charge on any atom is -0.354 e. The fraction of sp³-hybridized carbons (Fsp3) is 0.267. The van der Waals surface area contributed by atoms with E-state index in [0.29, 0.717) is 19.4 Å².